The number of H-pyrrole nitrogens is 2. The fourth-order valence-corrected chi connectivity index (χ4v) is 6.47. The molecule has 3 N–H and O–H groups in total. The molecule has 0 aliphatic heterocycles. The zero-order valence-electron chi connectivity index (χ0n) is 24.3. The topological polar surface area (TPSA) is 159 Å². The van der Waals surface area contributed by atoms with E-state index in [1.165, 1.54) is 12.1 Å². The molecule has 1 fully saturated rings. The third-order valence-corrected chi connectivity index (χ3v) is 9.08. The number of sulfone groups is 1. The smallest absolute Gasteiger partial charge is 0.227 e. The van der Waals surface area contributed by atoms with Gasteiger partial charge in [-0.1, -0.05) is 18.9 Å². The minimum absolute atomic E-state index is 0.0263. The number of halogens is 1. The fourth-order valence-electron chi connectivity index (χ4n) is 5.86. The Morgan fingerprint density at radius 3 is 2.64 bits per heavy atom. The van der Waals surface area contributed by atoms with Gasteiger partial charge in [-0.05, 0) is 60.7 Å². The van der Waals surface area contributed by atoms with Crippen LogP contribution in [-0.2, 0) is 21.1 Å². The Balaban J connectivity index is 1.22. The lowest BCUT2D eigenvalue weighted by molar-refractivity contribution is -0.119. The van der Waals surface area contributed by atoms with E-state index in [4.69, 9.17) is 4.98 Å². The molecule has 1 aromatic carbocycles. The SMILES string of the molecule is CS(=O)(=O)CCc1cc(F)cc(-c2ccnc3nc(-c4[nH]nc5ncc(-c6cncc(NC(=O)C7CCCC7)c6)cc45)[nH]c23)c1. The summed E-state index contributed by atoms with van der Waals surface area (Å²) < 4.78 is 38.0. The number of carbonyl (C=O) groups is 1. The summed E-state index contributed by atoms with van der Waals surface area (Å²) in [6.07, 6.45) is 12.0. The molecular weight excluding hydrogens is 595 g/mol. The van der Waals surface area contributed by atoms with Crippen molar-refractivity contribution in [2.75, 3.05) is 17.3 Å². The number of aryl methyl sites for hydroxylation is 1. The number of carbonyl (C=O) groups excluding carboxylic acids is 1. The van der Waals surface area contributed by atoms with Crippen molar-refractivity contribution in [2.45, 2.75) is 32.1 Å². The molecule has 5 heterocycles. The van der Waals surface area contributed by atoms with E-state index in [2.05, 4.69) is 35.5 Å². The number of rotatable bonds is 8. The molecule has 7 rings (SSSR count). The number of amides is 1. The molecule has 6 aromatic rings. The van der Waals surface area contributed by atoms with E-state index in [0.29, 0.717) is 56.1 Å². The normalized spacial score (nSPS) is 14.0. The Hall–Kier alpha value is -5.04. The minimum atomic E-state index is -3.20. The molecule has 0 radical (unpaired) electrons. The van der Waals surface area contributed by atoms with E-state index in [1.54, 1.807) is 36.9 Å². The standard InChI is InChI=1S/C32H29FN8O3S/c1-45(43,44)9-7-18-10-20(12-23(33)11-18)25-6-8-35-30-27(25)38-31(39-30)28-26-14-22(16-36-29(26)41-40-28)21-13-24(17-34-15-21)37-32(42)19-4-2-3-5-19/h6,8,10-17,19H,2-5,7,9H2,1H3,(H,37,42)(H,35,38,39)(H,36,40,41). The maximum atomic E-state index is 14.6. The van der Waals surface area contributed by atoms with E-state index in [9.17, 15) is 17.6 Å². The molecule has 13 heteroatoms. The fraction of sp³-hybridized carbons (Fsp3) is 0.250. The zero-order chi connectivity index (χ0) is 31.1. The highest BCUT2D eigenvalue weighted by molar-refractivity contribution is 7.90. The van der Waals surface area contributed by atoms with Crippen LogP contribution in [0.1, 0.15) is 31.2 Å². The largest absolute Gasteiger partial charge is 0.335 e. The lowest BCUT2D eigenvalue weighted by atomic mass is 10.0. The van der Waals surface area contributed by atoms with Crippen LogP contribution in [0, 0.1) is 11.7 Å². The van der Waals surface area contributed by atoms with Crippen molar-refractivity contribution in [1.82, 2.24) is 35.1 Å². The number of nitrogens with zero attached hydrogens (tertiary/aromatic N) is 5. The number of aromatic nitrogens is 7. The molecule has 5 aromatic heterocycles. The average Bonchev–Trinajstić information content (AvgIpc) is 3.79. The molecular formula is C32H29FN8O3S. The van der Waals surface area contributed by atoms with Crippen molar-refractivity contribution in [3.05, 3.63) is 72.6 Å². The summed E-state index contributed by atoms with van der Waals surface area (Å²) >= 11 is 0. The molecule has 1 saturated carbocycles. The molecule has 228 valence electrons. The van der Waals surface area contributed by atoms with Crippen molar-refractivity contribution in [2.24, 2.45) is 5.92 Å². The zero-order valence-corrected chi connectivity index (χ0v) is 25.2. The van der Waals surface area contributed by atoms with Gasteiger partial charge in [0.05, 0.1) is 28.5 Å². The van der Waals surface area contributed by atoms with E-state index in [0.717, 1.165) is 43.1 Å². The number of hydrogen-bond acceptors (Lipinski definition) is 8. The second-order valence-corrected chi connectivity index (χ2v) is 13.8. The van der Waals surface area contributed by atoms with Crippen LogP contribution >= 0.6 is 0 Å². The van der Waals surface area contributed by atoms with Gasteiger partial charge in [0, 0.05) is 47.5 Å². The van der Waals surface area contributed by atoms with Crippen LogP contribution in [0.25, 0.3) is 56.0 Å². The molecule has 0 spiro atoms. The van der Waals surface area contributed by atoms with Crippen LogP contribution in [0.2, 0.25) is 0 Å². The van der Waals surface area contributed by atoms with Gasteiger partial charge in [-0.3, -0.25) is 14.9 Å². The predicted molar refractivity (Wildman–Crippen MR) is 169 cm³/mol. The van der Waals surface area contributed by atoms with Gasteiger partial charge in [0.25, 0.3) is 0 Å². The van der Waals surface area contributed by atoms with Crippen molar-refractivity contribution in [3.63, 3.8) is 0 Å². The number of anilines is 1. The number of benzene rings is 1. The molecule has 1 amide bonds. The number of hydrogen-bond donors (Lipinski definition) is 3. The van der Waals surface area contributed by atoms with Gasteiger partial charge in [-0.15, -0.1) is 0 Å². The first-order valence-corrected chi connectivity index (χ1v) is 16.7. The quantitative estimate of drug-likeness (QED) is 0.201. The summed E-state index contributed by atoms with van der Waals surface area (Å²) in [7, 11) is -3.20. The Labute approximate surface area is 257 Å². The monoisotopic (exact) mass is 624 g/mol. The summed E-state index contributed by atoms with van der Waals surface area (Å²) in [4.78, 5) is 34.0. The van der Waals surface area contributed by atoms with Gasteiger partial charge in [0.1, 0.15) is 21.3 Å². The molecule has 1 aliphatic rings. The van der Waals surface area contributed by atoms with Crippen LogP contribution in [0.15, 0.2) is 61.2 Å². The lowest BCUT2D eigenvalue weighted by Gasteiger charge is -2.11. The summed E-state index contributed by atoms with van der Waals surface area (Å²) in [5, 5.41) is 11.1. The summed E-state index contributed by atoms with van der Waals surface area (Å²) in [5.74, 6) is 0.000333. The van der Waals surface area contributed by atoms with Crippen molar-refractivity contribution in [1.29, 1.82) is 0 Å². The van der Waals surface area contributed by atoms with Gasteiger partial charge >= 0.3 is 0 Å². The molecule has 0 atom stereocenters. The molecule has 0 bridgehead atoms. The van der Waals surface area contributed by atoms with E-state index in [1.807, 2.05) is 12.1 Å². The summed E-state index contributed by atoms with van der Waals surface area (Å²) in [6.45, 7) is 0. The Kier molecular flexibility index (Phi) is 7.32. The van der Waals surface area contributed by atoms with Crippen molar-refractivity contribution in [3.8, 4) is 33.8 Å². The van der Waals surface area contributed by atoms with Gasteiger partial charge < -0.3 is 10.3 Å². The summed E-state index contributed by atoms with van der Waals surface area (Å²) in [6, 6.07) is 10.1. The summed E-state index contributed by atoms with van der Waals surface area (Å²) in [5.41, 5.74) is 6.12. The highest BCUT2D eigenvalue weighted by atomic mass is 32.2. The first-order chi connectivity index (χ1) is 21.7. The minimum Gasteiger partial charge on any atom is -0.335 e. The maximum absolute atomic E-state index is 14.6. The maximum Gasteiger partial charge on any atom is 0.227 e. The Morgan fingerprint density at radius 2 is 1.82 bits per heavy atom. The number of nitrogens with one attached hydrogen (secondary N) is 3. The van der Waals surface area contributed by atoms with Crippen LogP contribution in [0.5, 0.6) is 0 Å². The van der Waals surface area contributed by atoms with Crippen molar-refractivity contribution < 1.29 is 17.6 Å². The highest BCUT2D eigenvalue weighted by Crippen LogP contribution is 2.33. The van der Waals surface area contributed by atoms with E-state index < -0.39 is 15.7 Å². The van der Waals surface area contributed by atoms with E-state index >= 15 is 0 Å². The molecule has 45 heavy (non-hydrogen) atoms. The predicted octanol–water partition coefficient (Wildman–Crippen LogP) is 5.48. The number of fused-ring (bicyclic) bond motifs is 2. The van der Waals surface area contributed by atoms with E-state index in [-0.39, 0.29) is 24.0 Å². The Morgan fingerprint density at radius 1 is 1.00 bits per heavy atom. The molecule has 11 nitrogen and oxygen atoms in total. The first kappa shape index (κ1) is 28.7. The van der Waals surface area contributed by atoms with Gasteiger partial charge in [-0.2, -0.15) is 5.10 Å². The number of imidazole rings is 1. The van der Waals surface area contributed by atoms with Crippen molar-refractivity contribution >= 4 is 43.6 Å². The van der Waals surface area contributed by atoms with Crippen LogP contribution in [-0.4, -0.2) is 61.5 Å². The number of aromatic amines is 2. The lowest BCUT2D eigenvalue weighted by Crippen LogP contribution is -2.20. The van der Waals surface area contributed by atoms with Gasteiger partial charge in [0.2, 0.25) is 5.91 Å². The van der Waals surface area contributed by atoms with Crippen LogP contribution in [0.4, 0.5) is 10.1 Å². The number of pyridine rings is 3. The Bertz CT molecular complexity index is 2190. The van der Waals surface area contributed by atoms with Crippen LogP contribution in [0.3, 0.4) is 0 Å². The van der Waals surface area contributed by atoms with Crippen LogP contribution < -0.4 is 5.32 Å². The first-order valence-electron chi connectivity index (χ1n) is 14.6. The second kappa shape index (κ2) is 11.5. The van der Waals surface area contributed by atoms with Gasteiger partial charge in [-0.25, -0.2) is 27.8 Å². The highest BCUT2D eigenvalue weighted by Gasteiger charge is 2.23. The van der Waals surface area contributed by atoms with Gasteiger partial charge in [0.15, 0.2) is 17.1 Å². The average molecular weight is 625 g/mol. The third kappa shape index (κ3) is 6.03. The molecule has 0 unspecified atom stereocenters. The third-order valence-electron chi connectivity index (χ3n) is 8.13. The molecule has 0 saturated heterocycles. The molecule has 1 aliphatic carbocycles. The second-order valence-electron chi connectivity index (χ2n) is 11.5.